The Bertz CT molecular complexity index is 541. The predicted molar refractivity (Wildman–Crippen MR) is 72.6 cm³/mol. The maximum Gasteiger partial charge on any atom is 0.173 e. The second-order valence-corrected chi connectivity index (χ2v) is 4.84. The van der Waals surface area contributed by atoms with Crippen molar-refractivity contribution in [2.75, 3.05) is 7.11 Å². The van der Waals surface area contributed by atoms with Gasteiger partial charge in [-0.1, -0.05) is 36.4 Å². The molecule has 0 radical (unpaired) electrons. The van der Waals surface area contributed by atoms with Crippen LogP contribution in [0.5, 0.6) is 0 Å². The van der Waals surface area contributed by atoms with Gasteiger partial charge < -0.3 is 4.74 Å². The molecule has 0 bridgehead atoms. The van der Waals surface area contributed by atoms with Gasteiger partial charge in [-0.25, -0.2) is 4.39 Å². The molecule has 0 heterocycles. The fourth-order valence-corrected chi connectivity index (χ4v) is 2.30. The van der Waals surface area contributed by atoms with Crippen LogP contribution in [0.4, 0.5) is 4.39 Å². The monoisotopic (exact) mass is 260 g/mol. The summed E-state index contributed by atoms with van der Waals surface area (Å²) in [4.78, 5) is 12.4. The van der Waals surface area contributed by atoms with Gasteiger partial charge in [-0.15, -0.1) is 0 Å². The second kappa shape index (κ2) is 5.00. The molecule has 2 unspecified atom stereocenters. The Morgan fingerprint density at radius 2 is 1.95 bits per heavy atom. The van der Waals surface area contributed by atoms with E-state index in [2.05, 4.69) is 0 Å². The third-order valence-corrected chi connectivity index (χ3v) is 3.69. The molecule has 0 amide bonds. The van der Waals surface area contributed by atoms with Crippen molar-refractivity contribution in [1.29, 1.82) is 0 Å². The quantitative estimate of drug-likeness (QED) is 0.774. The Balaban J connectivity index is 2.36. The number of hydrogen-bond acceptors (Lipinski definition) is 2. The fraction of sp³-hybridized carbons (Fsp3) is 0.312. The van der Waals surface area contributed by atoms with Crippen molar-refractivity contribution in [2.45, 2.75) is 19.5 Å². The molecular formula is C16H17FO2. The largest absolute Gasteiger partial charge is 0.497 e. The van der Waals surface area contributed by atoms with E-state index in [0.717, 1.165) is 0 Å². The van der Waals surface area contributed by atoms with Crippen molar-refractivity contribution in [3.63, 3.8) is 0 Å². The number of hydrogen-bond donors (Lipinski definition) is 0. The Morgan fingerprint density at radius 1 is 1.32 bits per heavy atom. The summed E-state index contributed by atoms with van der Waals surface area (Å²) in [6, 6.07) is 8.79. The van der Waals surface area contributed by atoms with Crippen molar-refractivity contribution in [2.24, 2.45) is 5.92 Å². The zero-order valence-corrected chi connectivity index (χ0v) is 11.3. The molecule has 1 aromatic rings. The second-order valence-electron chi connectivity index (χ2n) is 4.84. The van der Waals surface area contributed by atoms with Crippen LogP contribution >= 0.6 is 0 Å². The number of Topliss-reactive ketones (excluding diaryl/α,β-unsaturated/α-hetero) is 1. The molecule has 0 aromatic heterocycles. The molecule has 3 heteroatoms. The van der Waals surface area contributed by atoms with E-state index in [-0.39, 0.29) is 5.78 Å². The van der Waals surface area contributed by atoms with E-state index in [9.17, 15) is 9.18 Å². The number of ether oxygens (including phenoxy) is 1. The first-order valence-corrected chi connectivity index (χ1v) is 6.20. The number of carbonyl (C=O) groups excluding carboxylic acids is 1. The van der Waals surface area contributed by atoms with Crippen LogP contribution in [-0.2, 0) is 4.74 Å². The van der Waals surface area contributed by atoms with Gasteiger partial charge in [0.1, 0.15) is 11.4 Å². The fourth-order valence-electron chi connectivity index (χ4n) is 2.30. The predicted octanol–water partition coefficient (Wildman–Crippen LogP) is 3.70. The molecule has 0 spiro atoms. The van der Waals surface area contributed by atoms with Crippen molar-refractivity contribution in [1.82, 2.24) is 0 Å². The van der Waals surface area contributed by atoms with Crippen molar-refractivity contribution < 1.29 is 13.9 Å². The number of allylic oxidation sites excluding steroid dienone is 3. The average molecular weight is 260 g/mol. The summed E-state index contributed by atoms with van der Waals surface area (Å²) in [5, 5.41) is 0. The topological polar surface area (TPSA) is 26.3 Å². The molecule has 1 aliphatic carbocycles. The lowest BCUT2D eigenvalue weighted by Crippen LogP contribution is -2.38. The number of alkyl halides is 1. The van der Waals surface area contributed by atoms with Crippen LogP contribution in [0.1, 0.15) is 24.2 Å². The first kappa shape index (κ1) is 13.5. The van der Waals surface area contributed by atoms with Gasteiger partial charge >= 0.3 is 0 Å². The highest BCUT2D eigenvalue weighted by molar-refractivity contribution is 6.00. The molecule has 100 valence electrons. The third kappa shape index (κ3) is 2.33. The summed E-state index contributed by atoms with van der Waals surface area (Å²) in [5.41, 5.74) is -0.756. The van der Waals surface area contributed by atoms with Gasteiger partial charge in [-0.2, -0.15) is 0 Å². The number of carbonyl (C=O) groups is 1. The maximum atomic E-state index is 14.9. The van der Waals surface area contributed by atoms with Crippen LogP contribution in [0.3, 0.4) is 0 Å². The third-order valence-electron chi connectivity index (χ3n) is 3.69. The standard InChI is InChI=1S/C16H17FO2/c1-11-14(19-3)10-9-13(16(11,2)17)15(18)12-7-5-4-6-8-12/h4-10,13H,1-3H3. The summed E-state index contributed by atoms with van der Waals surface area (Å²) < 4.78 is 20.0. The van der Waals surface area contributed by atoms with Crippen molar-refractivity contribution in [3.8, 4) is 0 Å². The van der Waals surface area contributed by atoms with Crippen LogP contribution in [0.25, 0.3) is 0 Å². The lowest BCUT2D eigenvalue weighted by molar-refractivity contribution is 0.0793. The van der Waals surface area contributed by atoms with E-state index in [1.165, 1.54) is 14.0 Å². The lowest BCUT2D eigenvalue weighted by Gasteiger charge is -2.32. The van der Waals surface area contributed by atoms with Gasteiger partial charge in [0.05, 0.1) is 13.0 Å². The molecule has 0 saturated carbocycles. The van der Waals surface area contributed by atoms with Gasteiger partial charge in [-0.3, -0.25) is 4.79 Å². The molecular weight excluding hydrogens is 243 g/mol. The smallest absolute Gasteiger partial charge is 0.173 e. The Hall–Kier alpha value is -1.90. The summed E-state index contributed by atoms with van der Waals surface area (Å²) >= 11 is 0. The zero-order chi connectivity index (χ0) is 14.0. The minimum Gasteiger partial charge on any atom is -0.497 e. The normalized spacial score (nSPS) is 26.4. The van der Waals surface area contributed by atoms with Crippen molar-refractivity contribution in [3.05, 3.63) is 59.4 Å². The molecule has 2 atom stereocenters. The van der Waals surface area contributed by atoms with Gasteiger partial charge in [0, 0.05) is 11.1 Å². The Kier molecular flexibility index (Phi) is 3.56. The number of ketones is 1. The molecule has 1 aromatic carbocycles. The lowest BCUT2D eigenvalue weighted by atomic mass is 9.77. The number of methoxy groups -OCH3 is 1. The molecule has 2 nitrogen and oxygen atoms in total. The van der Waals surface area contributed by atoms with E-state index < -0.39 is 11.6 Å². The Morgan fingerprint density at radius 3 is 2.53 bits per heavy atom. The van der Waals surface area contributed by atoms with Crippen LogP contribution in [-0.4, -0.2) is 18.6 Å². The molecule has 19 heavy (non-hydrogen) atoms. The maximum absolute atomic E-state index is 14.9. The van der Waals surface area contributed by atoms with Gasteiger partial charge in [0.2, 0.25) is 0 Å². The summed E-state index contributed by atoms with van der Waals surface area (Å²) in [5.74, 6) is -0.535. The van der Waals surface area contributed by atoms with Gasteiger partial charge in [-0.05, 0) is 19.9 Å². The highest BCUT2D eigenvalue weighted by atomic mass is 19.1. The minimum absolute atomic E-state index is 0.212. The van der Waals surface area contributed by atoms with E-state index in [0.29, 0.717) is 16.9 Å². The SMILES string of the molecule is COC1=C(C)C(C)(F)C(C(=O)c2ccccc2)C=C1. The molecule has 0 fully saturated rings. The first-order valence-electron chi connectivity index (χ1n) is 6.20. The average Bonchev–Trinajstić information content (AvgIpc) is 2.42. The highest BCUT2D eigenvalue weighted by Crippen LogP contribution is 2.38. The minimum atomic E-state index is -1.73. The van der Waals surface area contributed by atoms with E-state index in [1.807, 2.05) is 6.07 Å². The molecule has 0 N–H and O–H groups in total. The summed E-state index contributed by atoms with van der Waals surface area (Å²) in [6.45, 7) is 3.09. The number of rotatable bonds is 3. The highest BCUT2D eigenvalue weighted by Gasteiger charge is 2.43. The summed E-state index contributed by atoms with van der Waals surface area (Å²) in [6.07, 6.45) is 3.25. The van der Waals surface area contributed by atoms with Crippen molar-refractivity contribution >= 4 is 5.78 Å². The van der Waals surface area contributed by atoms with Crippen LogP contribution in [0.15, 0.2) is 53.8 Å². The van der Waals surface area contributed by atoms with Crippen LogP contribution < -0.4 is 0 Å². The van der Waals surface area contributed by atoms with Crippen LogP contribution in [0, 0.1) is 5.92 Å². The summed E-state index contributed by atoms with van der Waals surface area (Å²) in [7, 11) is 1.50. The van der Waals surface area contributed by atoms with E-state index in [4.69, 9.17) is 4.74 Å². The first-order chi connectivity index (χ1) is 8.98. The molecule has 0 saturated heterocycles. The van der Waals surface area contributed by atoms with Gasteiger partial charge in [0.25, 0.3) is 0 Å². The molecule has 1 aliphatic rings. The van der Waals surface area contributed by atoms with E-state index >= 15 is 0 Å². The van der Waals surface area contributed by atoms with Gasteiger partial charge in [0.15, 0.2) is 5.78 Å². The zero-order valence-electron chi connectivity index (χ0n) is 11.3. The van der Waals surface area contributed by atoms with Crippen LogP contribution in [0.2, 0.25) is 0 Å². The van der Waals surface area contributed by atoms with E-state index in [1.54, 1.807) is 43.3 Å². The number of halogens is 1. The molecule has 0 aliphatic heterocycles. The number of benzene rings is 1. The molecule has 2 rings (SSSR count). The Labute approximate surface area is 112 Å².